The number of fused-ring (bicyclic) bond motifs is 1. The molecule has 0 amide bonds. The van der Waals surface area contributed by atoms with Crippen molar-refractivity contribution < 1.29 is 9.90 Å². The number of pyridine rings is 1. The Morgan fingerprint density at radius 2 is 2.29 bits per heavy atom. The zero-order valence-corrected chi connectivity index (χ0v) is 10.6. The van der Waals surface area contributed by atoms with Gasteiger partial charge in [-0.25, -0.2) is 9.78 Å². The van der Waals surface area contributed by atoms with E-state index in [9.17, 15) is 9.90 Å². The summed E-state index contributed by atoms with van der Waals surface area (Å²) in [4.78, 5) is 15.9. The van der Waals surface area contributed by atoms with E-state index in [0.717, 1.165) is 23.0 Å². The fraction of sp³-hybridized carbons (Fsp3) is 0.333. The number of aromatic nitrogens is 2. The first-order chi connectivity index (χ1) is 8.18. The van der Waals surface area contributed by atoms with Gasteiger partial charge >= 0.3 is 5.97 Å². The molecule has 2 aromatic heterocycles. The maximum atomic E-state index is 11.4. The van der Waals surface area contributed by atoms with E-state index in [4.69, 9.17) is 0 Å². The maximum absolute atomic E-state index is 11.4. The number of rotatable bonds is 2. The van der Waals surface area contributed by atoms with Crippen LogP contribution >= 0.6 is 15.9 Å². The summed E-state index contributed by atoms with van der Waals surface area (Å²) in [6, 6.07) is 3.69. The first-order valence-electron chi connectivity index (χ1n) is 5.58. The zero-order chi connectivity index (χ0) is 12.0. The Labute approximate surface area is 106 Å². The lowest BCUT2D eigenvalue weighted by atomic mass is 9.82. The van der Waals surface area contributed by atoms with Gasteiger partial charge in [0, 0.05) is 12.1 Å². The predicted molar refractivity (Wildman–Crippen MR) is 66.4 cm³/mol. The quantitative estimate of drug-likeness (QED) is 0.926. The van der Waals surface area contributed by atoms with Crippen molar-refractivity contribution in [3.8, 4) is 0 Å². The molecule has 0 spiro atoms. The van der Waals surface area contributed by atoms with Crippen LogP contribution in [0.3, 0.4) is 0 Å². The smallest absolute Gasteiger partial charge is 0.354 e. The van der Waals surface area contributed by atoms with Crippen LogP contribution in [0.1, 0.15) is 41.4 Å². The van der Waals surface area contributed by atoms with E-state index in [0.29, 0.717) is 17.3 Å². The minimum Gasteiger partial charge on any atom is -0.477 e. The van der Waals surface area contributed by atoms with Gasteiger partial charge in [-0.3, -0.25) is 4.40 Å². The van der Waals surface area contributed by atoms with Crippen molar-refractivity contribution in [3.63, 3.8) is 0 Å². The normalized spacial score (nSPS) is 16.1. The molecule has 0 atom stereocenters. The lowest BCUT2D eigenvalue weighted by Crippen LogP contribution is -2.14. The Balaban J connectivity index is 2.30. The minimum absolute atomic E-state index is 0.311. The van der Waals surface area contributed by atoms with E-state index in [-0.39, 0.29) is 0 Å². The molecule has 88 valence electrons. The molecule has 0 aliphatic heterocycles. The van der Waals surface area contributed by atoms with Crippen LogP contribution in [0, 0.1) is 0 Å². The average Bonchev–Trinajstić information content (AvgIpc) is 2.55. The number of halogens is 1. The van der Waals surface area contributed by atoms with E-state index in [1.165, 1.54) is 6.42 Å². The van der Waals surface area contributed by atoms with Crippen molar-refractivity contribution in [1.29, 1.82) is 0 Å². The third-order valence-corrected chi connectivity index (χ3v) is 3.94. The van der Waals surface area contributed by atoms with Gasteiger partial charge in [-0.15, -0.1) is 0 Å². The van der Waals surface area contributed by atoms with Crippen molar-refractivity contribution in [2.75, 3.05) is 0 Å². The summed E-state index contributed by atoms with van der Waals surface area (Å²) in [5.41, 5.74) is 1.73. The third-order valence-electron chi connectivity index (χ3n) is 3.32. The lowest BCUT2D eigenvalue weighted by Gasteiger charge is -2.23. The highest BCUT2D eigenvalue weighted by molar-refractivity contribution is 9.10. The molecular weight excluding hydrogens is 284 g/mol. The molecule has 3 rings (SSSR count). The number of hydrogen-bond acceptors (Lipinski definition) is 2. The van der Waals surface area contributed by atoms with Gasteiger partial charge in [0.2, 0.25) is 0 Å². The van der Waals surface area contributed by atoms with Crippen LogP contribution < -0.4 is 0 Å². The number of carboxylic acid groups (broad SMARTS) is 1. The molecule has 1 aliphatic rings. The van der Waals surface area contributed by atoms with E-state index in [1.54, 1.807) is 10.6 Å². The van der Waals surface area contributed by atoms with Crippen molar-refractivity contribution in [3.05, 3.63) is 34.2 Å². The SMILES string of the molecule is O=C(O)c1c(C2CCC2)nc2c(Br)cccn12. The van der Waals surface area contributed by atoms with E-state index >= 15 is 0 Å². The van der Waals surface area contributed by atoms with Gasteiger partial charge in [-0.1, -0.05) is 6.42 Å². The molecule has 1 saturated carbocycles. The van der Waals surface area contributed by atoms with Crippen LogP contribution in [0.5, 0.6) is 0 Å². The molecule has 1 fully saturated rings. The van der Waals surface area contributed by atoms with Crippen LogP contribution in [0.4, 0.5) is 0 Å². The van der Waals surface area contributed by atoms with Crippen LogP contribution in [0.25, 0.3) is 5.65 Å². The fourth-order valence-electron chi connectivity index (χ4n) is 2.23. The molecule has 4 nitrogen and oxygen atoms in total. The molecule has 0 radical (unpaired) electrons. The molecule has 2 aromatic rings. The lowest BCUT2D eigenvalue weighted by molar-refractivity contribution is 0.0686. The average molecular weight is 295 g/mol. The van der Waals surface area contributed by atoms with Gasteiger partial charge in [-0.2, -0.15) is 0 Å². The summed E-state index contributed by atoms with van der Waals surface area (Å²) in [6.45, 7) is 0. The van der Waals surface area contributed by atoms with E-state index in [1.807, 2.05) is 12.1 Å². The number of aromatic carboxylic acids is 1. The summed E-state index contributed by atoms with van der Waals surface area (Å²) in [6.07, 6.45) is 5.00. The van der Waals surface area contributed by atoms with E-state index in [2.05, 4.69) is 20.9 Å². The number of nitrogens with zero attached hydrogens (tertiary/aromatic N) is 2. The number of carbonyl (C=O) groups is 1. The second-order valence-electron chi connectivity index (χ2n) is 4.33. The largest absolute Gasteiger partial charge is 0.477 e. The van der Waals surface area contributed by atoms with Gasteiger partial charge in [-0.05, 0) is 40.9 Å². The molecule has 1 aliphatic carbocycles. The second-order valence-corrected chi connectivity index (χ2v) is 5.18. The molecule has 0 unspecified atom stereocenters. The highest BCUT2D eigenvalue weighted by Crippen LogP contribution is 2.38. The number of carboxylic acids is 1. The van der Waals surface area contributed by atoms with Crippen molar-refractivity contribution in [2.45, 2.75) is 25.2 Å². The molecular formula is C12H11BrN2O2. The molecule has 0 saturated heterocycles. The summed E-state index contributed by atoms with van der Waals surface area (Å²) in [7, 11) is 0. The summed E-state index contributed by atoms with van der Waals surface area (Å²) < 4.78 is 2.48. The van der Waals surface area contributed by atoms with Gasteiger partial charge in [0.1, 0.15) is 0 Å². The molecule has 5 heteroatoms. The highest BCUT2D eigenvalue weighted by atomic mass is 79.9. The van der Waals surface area contributed by atoms with Crippen LogP contribution in [0.15, 0.2) is 22.8 Å². The standard InChI is InChI=1S/C12H11BrN2O2/c13-8-5-2-6-15-10(12(16)17)9(14-11(8)15)7-3-1-4-7/h2,5-7H,1,3-4H2,(H,16,17). The van der Waals surface area contributed by atoms with Crippen LogP contribution in [-0.4, -0.2) is 20.5 Å². The van der Waals surface area contributed by atoms with E-state index < -0.39 is 5.97 Å². The Bertz CT molecular complexity index is 602. The Kier molecular flexibility index (Phi) is 2.43. The summed E-state index contributed by atoms with van der Waals surface area (Å²) in [5.74, 6) is -0.592. The summed E-state index contributed by atoms with van der Waals surface area (Å²) >= 11 is 3.41. The van der Waals surface area contributed by atoms with Crippen molar-refractivity contribution >= 4 is 27.5 Å². The molecule has 17 heavy (non-hydrogen) atoms. The predicted octanol–water partition coefficient (Wildman–Crippen LogP) is 3.06. The Morgan fingerprint density at radius 3 is 2.88 bits per heavy atom. The minimum atomic E-state index is -0.905. The van der Waals surface area contributed by atoms with Gasteiger partial charge in [0.15, 0.2) is 11.3 Å². The van der Waals surface area contributed by atoms with Crippen LogP contribution in [0.2, 0.25) is 0 Å². The Hall–Kier alpha value is -1.36. The van der Waals surface area contributed by atoms with Crippen molar-refractivity contribution in [2.24, 2.45) is 0 Å². The monoisotopic (exact) mass is 294 g/mol. The first kappa shape index (κ1) is 10.8. The first-order valence-corrected chi connectivity index (χ1v) is 6.37. The molecule has 1 N–H and O–H groups in total. The zero-order valence-electron chi connectivity index (χ0n) is 9.06. The number of imidazole rings is 1. The van der Waals surface area contributed by atoms with Crippen molar-refractivity contribution in [1.82, 2.24) is 9.38 Å². The van der Waals surface area contributed by atoms with Gasteiger partial charge < -0.3 is 5.11 Å². The molecule has 0 bridgehead atoms. The molecule has 2 heterocycles. The third kappa shape index (κ3) is 1.57. The summed E-state index contributed by atoms with van der Waals surface area (Å²) in [5, 5.41) is 9.34. The second kappa shape index (κ2) is 3.84. The van der Waals surface area contributed by atoms with Crippen LogP contribution in [-0.2, 0) is 0 Å². The topological polar surface area (TPSA) is 54.6 Å². The van der Waals surface area contributed by atoms with Gasteiger partial charge in [0.05, 0.1) is 10.2 Å². The number of hydrogen-bond donors (Lipinski definition) is 1. The Morgan fingerprint density at radius 1 is 1.53 bits per heavy atom. The van der Waals surface area contributed by atoms with Gasteiger partial charge in [0.25, 0.3) is 0 Å². The molecule has 0 aromatic carbocycles. The highest BCUT2D eigenvalue weighted by Gasteiger charge is 2.29. The maximum Gasteiger partial charge on any atom is 0.354 e. The fourth-order valence-corrected chi connectivity index (χ4v) is 2.66.